The normalized spacial score (nSPS) is 11.0. The number of hydrogen-bond donors (Lipinski definition) is 2. The molecule has 2 aromatic carbocycles. The number of rotatable bonds is 6. The van der Waals surface area contributed by atoms with Gasteiger partial charge in [0.2, 0.25) is 10.0 Å². The van der Waals surface area contributed by atoms with Gasteiger partial charge >= 0.3 is 0 Å². The molecule has 2 rings (SSSR count). The first-order valence-corrected chi connectivity index (χ1v) is 8.13. The van der Waals surface area contributed by atoms with E-state index in [2.05, 4.69) is 5.48 Å². The van der Waals surface area contributed by atoms with E-state index >= 15 is 0 Å². The second kappa shape index (κ2) is 7.23. The van der Waals surface area contributed by atoms with Crippen molar-refractivity contribution >= 4 is 15.9 Å². The molecule has 2 aromatic rings. The van der Waals surface area contributed by atoms with Gasteiger partial charge in [0.05, 0.1) is 24.2 Å². The van der Waals surface area contributed by atoms with E-state index < -0.39 is 15.9 Å². The number of hydrogen-bond acceptors (Lipinski definition) is 5. The van der Waals surface area contributed by atoms with Crippen molar-refractivity contribution in [3.63, 3.8) is 0 Å². The summed E-state index contributed by atoms with van der Waals surface area (Å²) >= 11 is 0. The highest BCUT2D eigenvalue weighted by molar-refractivity contribution is 7.89. The van der Waals surface area contributed by atoms with Crippen LogP contribution in [0.4, 0.5) is 0 Å². The van der Waals surface area contributed by atoms with Crippen LogP contribution in [0.1, 0.15) is 15.9 Å². The maximum absolute atomic E-state index is 12.1. The van der Waals surface area contributed by atoms with E-state index in [4.69, 9.17) is 14.7 Å². The van der Waals surface area contributed by atoms with Crippen molar-refractivity contribution in [1.29, 1.82) is 0 Å². The van der Waals surface area contributed by atoms with E-state index in [0.29, 0.717) is 0 Å². The van der Waals surface area contributed by atoms with Crippen LogP contribution in [0.15, 0.2) is 53.4 Å². The van der Waals surface area contributed by atoms with Crippen LogP contribution in [0.2, 0.25) is 0 Å². The first-order chi connectivity index (χ1) is 10.9. The van der Waals surface area contributed by atoms with E-state index in [1.807, 2.05) is 30.3 Å². The molecule has 0 bridgehead atoms. The van der Waals surface area contributed by atoms with Gasteiger partial charge in [0.15, 0.2) is 0 Å². The Labute approximate surface area is 134 Å². The Bertz CT molecular complexity index is 791. The molecule has 3 N–H and O–H groups in total. The van der Waals surface area contributed by atoms with Gasteiger partial charge in [-0.05, 0) is 23.8 Å². The van der Waals surface area contributed by atoms with Crippen molar-refractivity contribution in [2.75, 3.05) is 7.11 Å². The SMILES string of the molecule is COc1ccc(S(N)(=O)=O)cc1C(=O)NOCc1ccccc1. The van der Waals surface area contributed by atoms with Crippen molar-refractivity contribution in [2.45, 2.75) is 11.5 Å². The Morgan fingerprint density at radius 1 is 1.17 bits per heavy atom. The van der Waals surface area contributed by atoms with E-state index in [-0.39, 0.29) is 22.8 Å². The van der Waals surface area contributed by atoms with Crippen LogP contribution in [0.25, 0.3) is 0 Å². The van der Waals surface area contributed by atoms with Crippen LogP contribution in [0.3, 0.4) is 0 Å². The van der Waals surface area contributed by atoms with E-state index in [1.54, 1.807) is 0 Å². The number of primary sulfonamides is 1. The third-order valence-electron chi connectivity index (χ3n) is 2.99. The molecular weight excluding hydrogens is 320 g/mol. The topological polar surface area (TPSA) is 108 Å². The van der Waals surface area contributed by atoms with Gasteiger partial charge in [0.1, 0.15) is 5.75 Å². The lowest BCUT2D eigenvalue weighted by molar-refractivity contribution is 0.0231. The van der Waals surface area contributed by atoms with Gasteiger partial charge in [-0.15, -0.1) is 0 Å². The van der Waals surface area contributed by atoms with Crippen LogP contribution < -0.4 is 15.4 Å². The number of nitrogens with two attached hydrogens (primary N) is 1. The molecule has 0 aliphatic carbocycles. The van der Waals surface area contributed by atoms with Crippen LogP contribution in [0.5, 0.6) is 5.75 Å². The minimum Gasteiger partial charge on any atom is -0.496 e. The number of methoxy groups -OCH3 is 1. The molecule has 122 valence electrons. The Hall–Kier alpha value is -2.42. The van der Waals surface area contributed by atoms with Crippen molar-refractivity contribution in [3.8, 4) is 5.75 Å². The average molecular weight is 336 g/mol. The maximum Gasteiger partial charge on any atom is 0.278 e. The zero-order chi connectivity index (χ0) is 16.9. The van der Waals surface area contributed by atoms with Crippen molar-refractivity contribution in [3.05, 3.63) is 59.7 Å². The zero-order valence-electron chi connectivity index (χ0n) is 12.4. The van der Waals surface area contributed by atoms with Gasteiger partial charge in [-0.2, -0.15) is 0 Å². The molecule has 8 heteroatoms. The first-order valence-electron chi connectivity index (χ1n) is 6.58. The first kappa shape index (κ1) is 16.9. The predicted molar refractivity (Wildman–Crippen MR) is 83.1 cm³/mol. The predicted octanol–water partition coefficient (Wildman–Crippen LogP) is 1.20. The fourth-order valence-corrected chi connectivity index (χ4v) is 2.40. The zero-order valence-corrected chi connectivity index (χ0v) is 13.2. The number of carbonyl (C=O) groups is 1. The largest absolute Gasteiger partial charge is 0.496 e. The monoisotopic (exact) mass is 336 g/mol. The summed E-state index contributed by atoms with van der Waals surface area (Å²) in [5.74, 6) is -0.429. The molecule has 7 nitrogen and oxygen atoms in total. The minimum absolute atomic E-state index is 0.00656. The van der Waals surface area contributed by atoms with Crippen LogP contribution >= 0.6 is 0 Å². The van der Waals surface area contributed by atoms with Crippen LogP contribution in [-0.2, 0) is 21.5 Å². The fourth-order valence-electron chi connectivity index (χ4n) is 1.86. The average Bonchev–Trinajstić information content (AvgIpc) is 2.54. The van der Waals surface area contributed by atoms with Gasteiger partial charge < -0.3 is 4.74 Å². The molecule has 0 saturated heterocycles. The molecule has 0 spiro atoms. The highest BCUT2D eigenvalue weighted by atomic mass is 32.2. The van der Waals surface area contributed by atoms with Crippen LogP contribution in [-0.4, -0.2) is 21.4 Å². The quantitative estimate of drug-likeness (QED) is 0.771. The highest BCUT2D eigenvalue weighted by Crippen LogP contribution is 2.21. The third-order valence-corrected chi connectivity index (χ3v) is 3.90. The van der Waals surface area contributed by atoms with E-state index in [9.17, 15) is 13.2 Å². The Morgan fingerprint density at radius 3 is 2.48 bits per heavy atom. The van der Waals surface area contributed by atoms with Gasteiger partial charge in [-0.1, -0.05) is 30.3 Å². The fraction of sp³-hybridized carbons (Fsp3) is 0.133. The molecule has 0 fully saturated rings. The number of sulfonamides is 1. The molecule has 0 aliphatic rings. The molecular formula is C15H16N2O5S. The highest BCUT2D eigenvalue weighted by Gasteiger charge is 2.17. The van der Waals surface area contributed by atoms with Gasteiger partial charge in [-0.3, -0.25) is 9.63 Å². The van der Waals surface area contributed by atoms with Crippen LogP contribution in [0, 0.1) is 0 Å². The molecule has 0 saturated carbocycles. The van der Waals surface area contributed by atoms with Crippen molar-refractivity contribution in [2.24, 2.45) is 5.14 Å². The minimum atomic E-state index is -3.92. The maximum atomic E-state index is 12.1. The number of ether oxygens (including phenoxy) is 1. The summed E-state index contributed by atoms with van der Waals surface area (Å²) in [6.45, 7) is 0.170. The molecule has 1 amide bonds. The second-order valence-electron chi connectivity index (χ2n) is 4.61. The molecule has 0 aliphatic heterocycles. The molecule has 23 heavy (non-hydrogen) atoms. The van der Waals surface area contributed by atoms with Gasteiger partial charge in [-0.25, -0.2) is 19.0 Å². The Balaban J connectivity index is 2.11. The van der Waals surface area contributed by atoms with E-state index in [1.165, 1.54) is 19.2 Å². The van der Waals surface area contributed by atoms with Gasteiger partial charge in [0.25, 0.3) is 5.91 Å². The van der Waals surface area contributed by atoms with E-state index in [0.717, 1.165) is 11.6 Å². The smallest absolute Gasteiger partial charge is 0.278 e. The molecule has 0 atom stereocenters. The summed E-state index contributed by atoms with van der Waals surface area (Å²) in [5, 5.41) is 5.06. The van der Waals surface area contributed by atoms with Crippen molar-refractivity contribution in [1.82, 2.24) is 5.48 Å². The molecule has 0 unspecified atom stereocenters. The summed E-state index contributed by atoms with van der Waals surface area (Å²) in [4.78, 5) is 17.1. The van der Waals surface area contributed by atoms with Crippen molar-refractivity contribution < 1.29 is 22.8 Å². The number of hydroxylamine groups is 1. The summed E-state index contributed by atoms with van der Waals surface area (Å²) in [6, 6.07) is 13.0. The summed E-state index contributed by atoms with van der Waals surface area (Å²) < 4.78 is 27.8. The third kappa shape index (κ3) is 4.52. The van der Waals surface area contributed by atoms with Gasteiger partial charge in [0, 0.05) is 0 Å². The lowest BCUT2D eigenvalue weighted by atomic mass is 10.2. The molecule has 0 radical (unpaired) electrons. The number of nitrogens with one attached hydrogen (secondary N) is 1. The summed E-state index contributed by atoms with van der Waals surface area (Å²) in [7, 11) is -2.56. The second-order valence-corrected chi connectivity index (χ2v) is 6.17. The number of carbonyl (C=O) groups excluding carboxylic acids is 1. The standard InChI is InChI=1S/C15H16N2O5S/c1-21-14-8-7-12(23(16,19)20)9-13(14)15(18)17-22-10-11-5-3-2-4-6-11/h2-9H,10H2,1H3,(H,17,18)(H2,16,19,20). The summed E-state index contributed by atoms with van der Waals surface area (Å²) in [6.07, 6.45) is 0. The number of benzene rings is 2. The Morgan fingerprint density at radius 2 is 1.87 bits per heavy atom. The Kier molecular flexibility index (Phi) is 5.32. The molecule has 0 aromatic heterocycles. The number of amides is 1. The lowest BCUT2D eigenvalue weighted by Gasteiger charge is -2.10. The lowest BCUT2D eigenvalue weighted by Crippen LogP contribution is -2.24. The summed E-state index contributed by atoms with van der Waals surface area (Å²) in [5.41, 5.74) is 3.13. The molecule has 0 heterocycles.